The summed E-state index contributed by atoms with van der Waals surface area (Å²) in [6.45, 7) is -0.000934. The minimum atomic E-state index is -0.227. The molecule has 0 bridgehead atoms. The van der Waals surface area contributed by atoms with E-state index >= 15 is 0 Å². The predicted molar refractivity (Wildman–Crippen MR) is 105 cm³/mol. The van der Waals surface area contributed by atoms with Crippen molar-refractivity contribution >= 4 is 57.5 Å². The van der Waals surface area contributed by atoms with Crippen molar-refractivity contribution in [1.82, 2.24) is 0 Å². The van der Waals surface area contributed by atoms with E-state index in [9.17, 15) is 4.79 Å². The number of ether oxygens (including phenoxy) is 1. The van der Waals surface area contributed by atoms with Crippen LogP contribution in [-0.2, 0) is 4.79 Å². The molecule has 0 saturated carbocycles. The number of amidine groups is 1. The van der Waals surface area contributed by atoms with E-state index in [1.165, 1.54) is 35.1 Å². The molecule has 0 atom stereocenters. The molecular formula is C17H15ClN2O3S2. The lowest BCUT2D eigenvalue weighted by molar-refractivity contribution is -0.113. The molecule has 1 N–H and O–H groups in total. The lowest BCUT2D eigenvalue weighted by Crippen LogP contribution is -2.30. The molecule has 1 aromatic carbocycles. The quantitative estimate of drug-likeness (QED) is 0.782. The van der Waals surface area contributed by atoms with Crippen LogP contribution in [0.1, 0.15) is 4.88 Å². The van der Waals surface area contributed by atoms with Crippen molar-refractivity contribution in [2.24, 2.45) is 4.99 Å². The van der Waals surface area contributed by atoms with E-state index in [4.69, 9.17) is 21.4 Å². The monoisotopic (exact) mass is 394 g/mol. The van der Waals surface area contributed by atoms with Gasteiger partial charge in [0.1, 0.15) is 11.4 Å². The van der Waals surface area contributed by atoms with Gasteiger partial charge in [-0.3, -0.25) is 9.69 Å². The summed E-state index contributed by atoms with van der Waals surface area (Å²) in [6.07, 6.45) is 1.76. The van der Waals surface area contributed by atoms with Crippen LogP contribution in [0.5, 0.6) is 5.75 Å². The van der Waals surface area contributed by atoms with Gasteiger partial charge in [0, 0.05) is 10.6 Å². The lowest BCUT2D eigenvalue weighted by atomic mass is 10.2. The zero-order valence-corrected chi connectivity index (χ0v) is 15.7. The Morgan fingerprint density at radius 2 is 2.28 bits per heavy atom. The number of aliphatic hydroxyl groups is 1. The highest BCUT2D eigenvalue weighted by atomic mass is 35.5. The van der Waals surface area contributed by atoms with Gasteiger partial charge in [0.2, 0.25) is 0 Å². The van der Waals surface area contributed by atoms with Crippen molar-refractivity contribution in [3.63, 3.8) is 0 Å². The molecule has 25 heavy (non-hydrogen) atoms. The Kier molecular flexibility index (Phi) is 5.80. The second-order valence-electron chi connectivity index (χ2n) is 4.97. The number of methoxy groups -OCH3 is 1. The van der Waals surface area contributed by atoms with Crippen LogP contribution in [0.25, 0.3) is 6.08 Å². The number of benzene rings is 1. The van der Waals surface area contributed by atoms with E-state index in [1.807, 2.05) is 17.5 Å². The van der Waals surface area contributed by atoms with E-state index < -0.39 is 0 Å². The molecular weight excluding hydrogens is 380 g/mol. The molecule has 1 aromatic heterocycles. The van der Waals surface area contributed by atoms with E-state index in [-0.39, 0.29) is 12.5 Å². The Hall–Kier alpha value is -1.80. The molecule has 0 fully saturated rings. The highest BCUT2D eigenvalue weighted by molar-refractivity contribution is 8.14. The third-order valence-electron chi connectivity index (χ3n) is 3.37. The van der Waals surface area contributed by atoms with Gasteiger partial charge in [-0.15, -0.1) is 11.3 Å². The number of amides is 1. The van der Waals surface area contributed by atoms with Crippen LogP contribution in [0.4, 0.5) is 5.69 Å². The van der Waals surface area contributed by atoms with Crippen molar-refractivity contribution < 1.29 is 14.6 Å². The zero-order chi connectivity index (χ0) is 17.8. The Labute approximate surface area is 158 Å². The number of anilines is 1. The summed E-state index contributed by atoms with van der Waals surface area (Å²) in [5.41, 5.74) is 0.962. The van der Waals surface area contributed by atoms with Gasteiger partial charge >= 0.3 is 0 Å². The normalized spacial score (nSPS) is 15.8. The predicted octanol–water partition coefficient (Wildman–Crippen LogP) is 3.88. The van der Waals surface area contributed by atoms with Crippen LogP contribution in [0.2, 0.25) is 5.02 Å². The molecule has 0 aliphatic carbocycles. The number of hydrogen-bond acceptors (Lipinski definition) is 6. The number of carbonyl (C=O) groups excluding carboxylic acids is 1. The molecule has 0 saturated heterocycles. The topological polar surface area (TPSA) is 62.1 Å². The number of aliphatic hydroxyl groups excluding tert-OH is 1. The first-order valence-electron chi connectivity index (χ1n) is 7.39. The number of rotatable bonds is 5. The van der Waals surface area contributed by atoms with Crippen LogP contribution >= 0.6 is 34.7 Å². The molecule has 1 aliphatic rings. The summed E-state index contributed by atoms with van der Waals surface area (Å²) in [6, 6.07) is 8.98. The van der Waals surface area contributed by atoms with Gasteiger partial charge in [-0.1, -0.05) is 29.4 Å². The molecule has 0 unspecified atom stereocenters. The summed E-state index contributed by atoms with van der Waals surface area (Å²) in [5.74, 6) is 0.752. The SMILES string of the molecule is COc1ccc(N2C(=O)/C(=C/c3cccs3)N=C2SCCO)cc1Cl. The molecule has 2 heterocycles. The standard InChI is InChI=1S/C17H15ClN2O3S2/c1-23-15-5-4-11(9-13(15)18)20-16(22)14(10-12-3-2-7-24-12)19-17(20)25-8-6-21/h2-5,7,9-10,21H,6,8H2,1H3/b14-10-. The third-order valence-corrected chi connectivity index (χ3v) is 5.40. The van der Waals surface area contributed by atoms with Gasteiger partial charge in [0.25, 0.3) is 5.91 Å². The van der Waals surface area contributed by atoms with E-state index in [0.29, 0.717) is 33.1 Å². The van der Waals surface area contributed by atoms with Crippen LogP contribution in [-0.4, -0.2) is 35.7 Å². The number of thiophene rings is 1. The van der Waals surface area contributed by atoms with E-state index in [1.54, 1.807) is 24.3 Å². The first kappa shape index (κ1) is 18.0. The number of halogens is 1. The van der Waals surface area contributed by atoms with Gasteiger partial charge in [-0.25, -0.2) is 4.99 Å². The molecule has 2 aromatic rings. The summed E-state index contributed by atoms with van der Waals surface area (Å²) in [5, 5.41) is 12.0. The van der Waals surface area contributed by atoms with Crippen molar-refractivity contribution in [1.29, 1.82) is 0 Å². The van der Waals surface area contributed by atoms with Crippen molar-refractivity contribution in [2.75, 3.05) is 24.4 Å². The summed E-state index contributed by atoms with van der Waals surface area (Å²) in [7, 11) is 1.54. The first-order valence-corrected chi connectivity index (χ1v) is 9.64. The Morgan fingerprint density at radius 3 is 2.92 bits per heavy atom. The number of aliphatic imine (C=N–C) groups is 1. The highest BCUT2D eigenvalue weighted by Crippen LogP contribution is 2.34. The molecule has 1 amide bonds. The number of nitrogens with zero attached hydrogens (tertiary/aromatic N) is 2. The van der Waals surface area contributed by atoms with Crippen LogP contribution in [0.3, 0.4) is 0 Å². The summed E-state index contributed by atoms with van der Waals surface area (Å²) >= 11 is 9.05. The molecule has 0 spiro atoms. The number of carbonyl (C=O) groups is 1. The highest BCUT2D eigenvalue weighted by Gasteiger charge is 2.32. The largest absolute Gasteiger partial charge is 0.495 e. The molecule has 8 heteroatoms. The minimum Gasteiger partial charge on any atom is -0.495 e. The average molecular weight is 395 g/mol. The fourth-order valence-corrected chi connectivity index (χ4v) is 3.92. The number of thioether (sulfide) groups is 1. The minimum absolute atomic E-state index is 0.000934. The fourth-order valence-electron chi connectivity index (χ4n) is 2.26. The first-order chi connectivity index (χ1) is 12.1. The van der Waals surface area contributed by atoms with Gasteiger partial charge < -0.3 is 9.84 Å². The molecule has 1 aliphatic heterocycles. The van der Waals surface area contributed by atoms with Crippen LogP contribution in [0, 0.1) is 0 Å². The molecule has 5 nitrogen and oxygen atoms in total. The number of hydrogen-bond donors (Lipinski definition) is 1. The smallest absolute Gasteiger partial charge is 0.283 e. The second-order valence-corrected chi connectivity index (χ2v) is 7.42. The van der Waals surface area contributed by atoms with E-state index in [0.717, 1.165) is 4.88 Å². The second kappa shape index (κ2) is 8.05. The zero-order valence-electron chi connectivity index (χ0n) is 13.3. The van der Waals surface area contributed by atoms with Gasteiger partial charge in [0.05, 0.1) is 24.4 Å². The molecule has 3 rings (SSSR count). The lowest BCUT2D eigenvalue weighted by Gasteiger charge is -2.18. The third kappa shape index (κ3) is 3.90. The van der Waals surface area contributed by atoms with Crippen LogP contribution < -0.4 is 9.64 Å². The van der Waals surface area contributed by atoms with Gasteiger partial charge in [0.15, 0.2) is 5.17 Å². The Morgan fingerprint density at radius 1 is 1.44 bits per heavy atom. The Balaban J connectivity index is 1.97. The maximum Gasteiger partial charge on any atom is 0.283 e. The van der Waals surface area contributed by atoms with Crippen molar-refractivity contribution in [3.05, 3.63) is 51.3 Å². The average Bonchev–Trinajstić information content (AvgIpc) is 3.22. The summed E-state index contributed by atoms with van der Waals surface area (Å²) in [4.78, 5) is 19.8. The Bertz CT molecular complexity index is 834. The molecule has 0 radical (unpaired) electrons. The van der Waals surface area contributed by atoms with Crippen molar-refractivity contribution in [3.8, 4) is 5.75 Å². The summed E-state index contributed by atoms with van der Waals surface area (Å²) < 4.78 is 5.16. The van der Waals surface area contributed by atoms with Crippen LogP contribution in [0.15, 0.2) is 46.4 Å². The molecule has 130 valence electrons. The van der Waals surface area contributed by atoms with Gasteiger partial charge in [-0.2, -0.15) is 0 Å². The fraction of sp³-hybridized carbons (Fsp3) is 0.176. The maximum absolute atomic E-state index is 12.9. The van der Waals surface area contributed by atoms with Crippen molar-refractivity contribution in [2.45, 2.75) is 0 Å². The van der Waals surface area contributed by atoms with E-state index in [2.05, 4.69) is 4.99 Å². The van der Waals surface area contributed by atoms with Gasteiger partial charge in [-0.05, 0) is 35.7 Å². The maximum atomic E-state index is 12.9.